The smallest absolute Gasteiger partial charge is 0.243 e. The van der Waals surface area contributed by atoms with Gasteiger partial charge in [0.2, 0.25) is 10.0 Å². The Balaban J connectivity index is 2.18. The molecule has 0 aliphatic carbocycles. The number of nitrogens with zero attached hydrogens (tertiary/aromatic N) is 1. The summed E-state index contributed by atoms with van der Waals surface area (Å²) in [5.41, 5.74) is 0. The van der Waals surface area contributed by atoms with Crippen LogP contribution in [0.2, 0.25) is 0 Å². The quantitative estimate of drug-likeness (QED) is 0.789. The number of aliphatic hydroxyl groups is 1. The number of sulfonamides is 1. The third-order valence-corrected chi connectivity index (χ3v) is 4.48. The molecule has 1 aliphatic rings. The fourth-order valence-electron chi connectivity index (χ4n) is 1.58. The summed E-state index contributed by atoms with van der Waals surface area (Å²) in [7, 11) is -3.50. The molecule has 0 saturated carbocycles. The second-order valence-corrected chi connectivity index (χ2v) is 5.59. The van der Waals surface area contributed by atoms with Crippen molar-refractivity contribution in [1.29, 1.82) is 0 Å². The molecular weight excluding hydrogens is 233 g/mol. The van der Waals surface area contributed by atoms with Crippen LogP contribution in [0.5, 0.6) is 0 Å². The Morgan fingerprint density at radius 3 is 2.56 bits per heavy atom. The van der Waals surface area contributed by atoms with Gasteiger partial charge >= 0.3 is 0 Å². The van der Waals surface area contributed by atoms with Crippen LogP contribution in [0, 0.1) is 5.82 Å². The first-order chi connectivity index (χ1) is 7.55. The van der Waals surface area contributed by atoms with Gasteiger partial charge in [0.15, 0.2) is 0 Å². The second kappa shape index (κ2) is 4.12. The molecule has 6 heteroatoms. The van der Waals surface area contributed by atoms with Crippen LogP contribution in [0.1, 0.15) is 6.42 Å². The molecule has 0 spiro atoms. The minimum absolute atomic E-state index is 0.0277. The lowest BCUT2D eigenvalue weighted by Gasteiger charge is -2.05. The summed E-state index contributed by atoms with van der Waals surface area (Å²) in [6.45, 7) is 0.403. The highest BCUT2D eigenvalue weighted by molar-refractivity contribution is 7.89. The molecule has 1 heterocycles. The lowest BCUT2D eigenvalue weighted by Crippen LogP contribution is -2.15. The number of halogens is 1. The maximum absolute atomic E-state index is 12.6. The molecule has 4 nitrogen and oxygen atoms in total. The first kappa shape index (κ1) is 11.5. The van der Waals surface area contributed by atoms with Gasteiger partial charge in [-0.1, -0.05) is 0 Å². The molecule has 1 aromatic rings. The van der Waals surface area contributed by atoms with Gasteiger partial charge in [0, 0.05) is 19.2 Å². The van der Waals surface area contributed by atoms with Crippen molar-refractivity contribution in [3.8, 4) is 0 Å². The van der Waals surface area contributed by atoms with Crippen LogP contribution < -0.4 is 0 Å². The van der Waals surface area contributed by atoms with Crippen molar-refractivity contribution < 1.29 is 17.9 Å². The molecule has 1 fully saturated rings. The van der Waals surface area contributed by atoms with Crippen molar-refractivity contribution in [2.45, 2.75) is 17.4 Å². The van der Waals surface area contributed by atoms with E-state index in [1.54, 1.807) is 0 Å². The van der Waals surface area contributed by atoms with E-state index in [0.717, 1.165) is 12.1 Å². The van der Waals surface area contributed by atoms with Gasteiger partial charge in [-0.15, -0.1) is 0 Å². The van der Waals surface area contributed by atoms with Gasteiger partial charge < -0.3 is 5.11 Å². The predicted molar refractivity (Wildman–Crippen MR) is 55.8 cm³/mol. The molecular formula is C10H12FNO3S. The fourth-order valence-corrected chi connectivity index (χ4v) is 3.20. The summed E-state index contributed by atoms with van der Waals surface area (Å²) < 4.78 is 37.8. The van der Waals surface area contributed by atoms with E-state index in [1.165, 1.54) is 16.4 Å². The van der Waals surface area contributed by atoms with Crippen LogP contribution in [-0.2, 0) is 10.0 Å². The molecule has 88 valence electrons. The first-order valence-electron chi connectivity index (χ1n) is 4.94. The third kappa shape index (κ3) is 2.09. The van der Waals surface area contributed by atoms with Crippen LogP contribution in [0.25, 0.3) is 0 Å². The maximum Gasteiger partial charge on any atom is 0.243 e. The largest absolute Gasteiger partial charge is 0.396 e. The van der Waals surface area contributed by atoms with Crippen molar-refractivity contribution in [3.05, 3.63) is 30.1 Å². The van der Waals surface area contributed by atoms with Crippen LogP contribution in [0.4, 0.5) is 4.39 Å². The molecule has 0 bridgehead atoms. The van der Waals surface area contributed by atoms with Crippen molar-refractivity contribution in [2.24, 2.45) is 0 Å². The molecule has 1 unspecified atom stereocenters. The SMILES string of the molecule is O=S(=O)(c1ccc(F)cc1)N1C[C@H]1CCO. The topological polar surface area (TPSA) is 57.4 Å². The number of hydrogen-bond acceptors (Lipinski definition) is 3. The highest BCUT2D eigenvalue weighted by atomic mass is 32.2. The lowest BCUT2D eigenvalue weighted by atomic mass is 10.3. The van der Waals surface area contributed by atoms with E-state index in [1.807, 2.05) is 0 Å². The van der Waals surface area contributed by atoms with Crippen LogP contribution in [0.15, 0.2) is 29.2 Å². The van der Waals surface area contributed by atoms with Gasteiger partial charge in [0.25, 0.3) is 0 Å². The summed E-state index contributed by atoms with van der Waals surface area (Å²) >= 11 is 0. The zero-order valence-electron chi connectivity index (χ0n) is 8.51. The molecule has 1 aliphatic heterocycles. The number of benzene rings is 1. The molecule has 0 amide bonds. The fraction of sp³-hybridized carbons (Fsp3) is 0.400. The average Bonchev–Trinajstić information content (AvgIpc) is 2.99. The minimum Gasteiger partial charge on any atom is -0.396 e. The summed E-state index contributed by atoms with van der Waals surface area (Å²) in [6.07, 6.45) is 0.445. The van der Waals surface area contributed by atoms with Crippen molar-refractivity contribution in [2.75, 3.05) is 13.2 Å². The van der Waals surface area contributed by atoms with Gasteiger partial charge in [-0.2, -0.15) is 4.31 Å². The molecule has 0 radical (unpaired) electrons. The maximum atomic E-state index is 12.6. The normalized spacial score (nSPS) is 24.4. The van der Waals surface area contributed by atoms with E-state index in [4.69, 9.17) is 5.11 Å². The van der Waals surface area contributed by atoms with Crippen LogP contribution >= 0.6 is 0 Å². The molecule has 2 rings (SSSR count). The van der Waals surface area contributed by atoms with Crippen molar-refractivity contribution in [3.63, 3.8) is 0 Å². The Hall–Kier alpha value is -0.980. The first-order valence-corrected chi connectivity index (χ1v) is 6.38. The Kier molecular flexibility index (Phi) is 2.96. The number of hydrogen-bond donors (Lipinski definition) is 1. The van der Waals surface area contributed by atoms with Crippen LogP contribution in [-0.4, -0.2) is 37.0 Å². The van der Waals surface area contributed by atoms with Crippen molar-refractivity contribution in [1.82, 2.24) is 4.31 Å². The zero-order valence-corrected chi connectivity index (χ0v) is 9.32. The summed E-state index contributed by atoms with van der Waals surface area (Å²) in [4.78, 5) is 0.0920. The third-order valence-electron chi connectivity index (χ3n) is 2.55. The highest BCUT2D eigenvalue weighted by Gasteiger charge is 2.43. The van der Waals surface area contributed by atoms with Crippen molar-refractivity contribution >= 4 is 10.0 Å². The zero-order chi connectivity index (χ0) is 11.8. The summed E-state index contributed by atoms with van der Waals surface area (Å²) in [6, 6.07) is 4.63. The second-order valence-electron chi connectivity index (χ2n) is 3.69. The minimum atomic E-state index is -3.50. The van der Waals surface area contributed by atoms with E-state index >= 15 is 0 Å². The molecule has 0 aromatic heterocycles. The standard InChI is InChI=1S/C10H12FNO3S/c11-8-1-3-10(4-2-8)16(14,15)12-7-9(12)5-6-13/h1-4,9,13H,5-7H2/t9-,12?/m1/s1. The lowest BCUT2D eigenvalue weighted by molar-refractivity contribution is 0.284. The van der Waals surface area contributed by atoms with E-state index in [9.17, 15) is 12.8 Å². The molecule has 2 atom stereocenters. The molecule has 1 N–H and O–H groups in total. The monoisotopic (exact) mass is 245 g/mol. The molecule has 1 saturated heterocycles. The van der Waals surface area contributed by atoms with E-state index in [0.29, 0.717) is 13.0 Å². The Morgan fingerprint density at radius 1 is 1.38 bits per heavy atom. The number of rotatable bonds is 4. The Bertz CT molecular complexity index is 471. The van der Waals surface area contributed by atoms with Gasteiger partial charge in [-0.3, -0.25) is 0 Å². The Morgan fingerprint density at radius 2 is 2.00 bits per heavy atom. The van der Waals surface area contributed by atoms with E-state index < -0.39 is 15.8 Å². The number of aliphatic hydroxyl groups excluding tert-OH is 1. The molecule has 16 heavy (non-hydrogen) atoms. The predicted octanol–water partition coefficient (Wildman–Crippen LogP) is 0.581. The summed E-state index contributed by atoms with van der Waals surface area (Å²) in [5, 5.41) is 8.70. The van der Waals surface area contributed by atoms with Crippen LogP contribution in [0.3, 0.4) is 0 Å². The average molecular weight is 245 g/mol. The van der Waals surface area contributed by atoms with Gasteiger partial charge in [-0.25, -0.2) is 12.8 Å². The van der Waals surface area contributed by atoms with E-state index in [2.05, 4.69) is 0 Å². The summed E-state index contributed by atoms with van der Waals surface area (Å²) in [5.74, 6) is -0.461. The highest BCUT2D eigenvalue weighted by Crippen LogP contribution is 2.29. The van der Waals surface area contributed by atoms with Gasteiger partial charge in [0.1, 0.15) is 5.82 Å². The van der Waals surface area contributed by atoms with E-state index in [-0.39, 0.29) is 17.5 Å². The Labute approximate surface area is 93.4 Å². The van der Waals surface area contributed by atoms with Gasteiger partial charge in [-0.05, 0) is 30.7 Å². The molecule has 1 aromatic carbocycles. The van der Waals surface area contributed by atoms with Gasteiger partial charge in [0.05, 0.1) is 4.90 Å².